The minimum absolute atomic E-state index is 0.159. The predicted molar refractivity (Wildman–Crippen MR) is 73.1 cm³/mol. The van der Waals surface area contributed by atoms with Crippen molar-refractivity contribution in [2.24, 2.45) is 5.92 Å². The van der Waals surface area contributed by atoms with Crippen molar-refractivity contribution in [1.82, 2.24) is 0 Å². The molecule has 96 valence electrons. The molecular weight excluding hydrogens is 224 g/mol. The molecule has 1 aromatic rings. The molecule has 0 aromatic heterocycles. The highest BCUT2D eigenvalue weighted by Crippen LogP contribution is 2.27. The molecule has 0 radical (unpaired) electrons. The molecule has 0 spiro atoms. The van der Waals surface area contributed by atoms with Gasteiger partial charge in [-0.25, -0.2) is 0 Å². The van der Waals surface area contributed by atoms with Crippen molar-refractivity contribution in [2.75, 3.05) is 0 Å². The average Bonchev–Trinajstić information content (AvgIpc) is 2.46. The maximum Gasteiger partial charge on any atom is 0.184 e. The van der Waals surface area contributed by atoms with E-state index in [2.05, 4.69) is 0 Å². The zero-order valence-corrected chi connectivity index (χ0v) is 10.6. The molecule has 1 saturated carbocycles. The van der Waals surface area contributed by atoms with Crippen molar-refractivity contribution in [3.8, 4) is 0 Å². The SMILES string of the molecule is O=C(/C=C/c1ccccc1)[C@H](O)C1CCCCC1. The minimum Gasteiger partial charge on any atom is -0.385 e. The third-order valence-electron chi connectivity index (χ3n) is 3.63. The van der Waals surface area contributed by atoms with Gasteiger partial charge in [0.2, 0.25) is 0 Å². The third kappa shape index (κ3) is 3.54. The van der Waals surface area contributed by atoms with Crippen molar-refractivity contribution in [1.29, 1.82) is 0 Å². The van der Waals surface area contributed by atoms with Crippen LogP contribution in [0.25, 0.3) is 6.08 Å². The van der Waals surface area contributed by atoms with Crippen LogP contribution in [0, 0.1) is 5.92 Å². The van der Waals surface area contributed by atoms with E-state index < -0.39 is 6.10 Å². The van der Waals surface area contributed by atoms with E-state index in [-0.39, 0.29) is 11.7 Å². The van der Waals surface area contributed by atoms with E-state index in [4.69, 9.17) is 0 Å². The number of carbonyl (C=O) groups is 1. The topological polar surface area (TPSA) is 37.3 Å². The van der Waals surface area contributed by atoms with Crippen molar-refractivity contribution < 1.29 is 9.90 Å². The van der Waals surface area contributed by atoms with E-state index in [1.807, 2.05) is 30.3 Å². The van der Waals surface area contributed by atoms with E-state index in [9.17, 15) is 9.90 Å². The lowest BCUT2D eigenvalue weighted by Gasteiger charge is -2.24. The average molecular weight is 244 g/mol. The number of hydrogen-bond acceptors (Lipinski definition) is 2. The monoisotopic (exact) mass is 244 g/mol. The molecular formula is C16H20O2. The molecule has 1 atom stereocenters. The first-order valence-electron chi connectivity index (χ1n) is 6.72. The van der Waals surface area contributed by atoms with Gasteiger partial charge in [0, 0.05) is 0 Å². The van der Waals surface area contributed by atoms with Crippen LogP contribution in [0.2, 0.25) is 0 Å². The van der Waals surface area contributed by atoms with Gasteiger partial charge < -0.3 is 5.11 Å². The van der Waals surface area contributed by atoms with Gasteiger partial charge in [0.25, 0.3) is 0 Å². The fraction of sp³-hybridized carbons (Fsp3) is 0.438. The summed E-state index contributed by atoms with van der Waals surface area (Å²) < 4.78 is 0. The summed E-state index contributed by atoms with van der Waals surface area (Å²) in [5.74, 6) is -0.00238. The molecule has 0 amide bonds. The van der Waals surface area contributed by atoms with Gasteiger partial charge in [0.15, 0.2) is 5.78 Å². The summed E-state index contributed by atoms with van der Waals surface area (Å²) in [6.07, 6.45) is 7.93. The third-order valence-corrected chi connectivity index (χ3v) is 3.63. The molecule has 18 heavy (non-hydrogen) atoms. The second kappa shape index (κ2) is 6.50. The molecule has 2 rings (SSSR count). The van der Waals surface area contributed by atoms with Gasteiger partial charge in [-0.2, -0.15) is 0 Å². The molecule has 1 aliphatic carbocycles. The fourth-order valence-electron chi connectivity index (χ4n) is 2.52. The second-order valence-corrected chi connectivity index (χ2v) is 4.99. The molecule has 1 fully saturated rings. The summed E-state index contributed by atoms with van der Waals surface area (Å²) in [6, 6.07) is 9.69. The summed E-state index contributed by atoms with van der Waals surface area (Å²) in [6.45, 7) is 0. The number of hydrogen-bond donors (Lipinski definition) is 1. The molecule has 0 saturated heterocycles. The van der Waals surface area contributed by atoms with E-state index in [0.717, 1.165) is 31.2 Å². The van der Waals surface area contributed by atoms with Crippen molar-refractivity contribution in [3.05, 3.63) is 42.0 Å². The zero-order chi connectivity index (χ0) is 12.8. The Kier molecular flexibility index (Phi) is 4.71. The number of aliphatic hydroxyl groups excluding tert-OH is 1. The molecule has 0 heterocycles. The normalized spacial score (nSPS) is 18.9. The number of rotatable bonds is 4. The number of carbonyl (C=O) groups excluding carboxylic acids is 1. The standard InChI is InChI=1S/C16H20O2/c17-15(12-11-13-7-3-1-4-8-13)16(18)14-9-5-2-6-10-14/h1,3-4,7-8,11-12,14,16,18H,2,5-6,9-10H2/b12-11+/t16-/m1/s1. The van der Waals surface area contributed by atoms with E-state index >= 15 is 0 Å². The Hall–Kier alpha value is -1.41. The lowest BCUT2D eigenvalue weighted by molar-refractivity contribution is -0.125. The first kappa shape index (κ1) is 13.0. The quantitative estimate of drug-likeness (QED) is 0.826. The van der Waals surface area contributed by atoms with Crippen LogP contribution < -0.4 is 0 Å². The molecule has 1 aliphatic rings. The van der Waals surface area contributed by atoms with Gasteiger partial charge in [-0.1, -0.05) is 55.7 Å². The van der Waals surface area contributed by atoms with Gasteiger partial charge in [-0.05, 0) is 30.4 Å². The van der Waals surface area contributed by atoms with Crippen LogP contribution in [0.15, 0.2) is 36.4 Å². The first-order chi connectivity index (χ1) is 8.77. The van der Waals surface area contributed by atoms with Gasteiger partial charge in [-0.15, -0.1) is 0 Å². The minimum atomic E-state index is -0.815. The van der Waals surface area contributed by atoms with Gasteiger partial charge in [0.05, 0.1) is 0 Å². The summed E-state index contributed by atoms with van der Waals surface area (Å²) >= 11 is 0. The van der Waals surface area contributed by atoms with E-state index in [1.54, 1.807) is 6.08 Å². The first-order valence-corrected chi connectivity index (χ1v) is 6.72. The maximum atomic E-state index is 11.9. The van der Waals surface area contributed by atoms with Gasteiger partial charge >= 0.3 is 0 Å². The molecule has 0 aliphatic heterocycles. The van der Waals surface area contributed by atoms with Crippen molar-refractivity contribution in [3.63, 3.8) is 0 Å². The van der Waals surface area contributed by atoms with E-state index in [1.165, 1.54) is 12.5 Å². The molecule has 0 bridgehead atoms. The zero-order valence-electron chi connectivity index (χ0n) is 10.6. The highest BCUT2D eigenvalue weighted by atomic mass is 16.3. The maximum absolute atomic E-state index is 11.9. The molecule has 1 N–H and O–H groups in total. The number of ketones is 1. The Bertz CT molecular complexity index is 402. The Morgan fingerprint density at radius 3 is 2.50 bits per heavy atom. The Morgan fingerprint density at radius 1 is 1.17 bits per heavy atom. The van der Waals surface area contributed by atoms with Crippen LogP contribution in [0.3, 0.4) is 0 Å². The highest BCUT2D eigenvalue weighted by Gasteiger charge is 2.25. The lowest BCUT2D eigenvalue weighted by atomic mass is 9.84. The predicted octanol–water partition coefficient (Wildman–Crippen LogP) is 3.21. The summed E-state index contributed by atoms with van der Waals surface area (Å²) in [5.41, 5.74) is 0.988. The lowest BCUT2D eigenvalue weighted by Crippen LogP contribution is -2.29. The molecule has 2 nitrogen and oxygen atoms in total. The Morgan fingerprint density at radius 2 is 1.83 bits per heavy atom. The Balaban J connectivity index is 1.92. The summed E-state index contributed by atoms with van der Waals surface area (Å²) in [5, 5.41) is 10.0. The molecule has 0 unspecified atom stereocenters. The summed E-state index contributed by atoms with van der Waals surface area (Å²) in [4.78, 5) is 11.9. The van der Waals surface area contributed by atoms with Crippen LogP contribution in [0.5, 0.6) is 0 Å². The van der Waals surface area contributed by atoms with Gasteiger partial charge in [-0.3, -0.25) is 4.79 Å². The van der Waals surface area contributed by atoms with Gasteiger partial charge in [0.1, 0.15) is 6.10 Å². The van der Waals surface area contributed by atoms with Crippen molar-refractivity contribution in [2.45, 2.75) is 38.2 Å². The number of benzene rings is 1. The highest BCUT2D eigenvalue weighted by molar-refractivity contribution is 5.96. The van der Waals surface area contributed by atoms with Crippen LogP contribution >= 0.6 is 0 Å². The van der Waals surface area contributed by atoms with Crippen LogP contribution in [0.1, 0.15) is 37.7 Å². The van der Waals surface area contributed by atoms with Crippen LogP contribution in [-0.4, -0.2) is 17.0 Å². The fourth-order valence-corrected chi connectivity index (χ4v) is 2.52. The molecule has 1 aromatic carbocycles. The van der Waals surface area contributed by atoms with Crippen LogP contribution in [-0.2, 0) is 4.79 Å². The second-order valence-electron chi connectivity index (χ2n) is 4.99. The smallest absolute Gasteiger partial charge is 0.184 e. The largest absolute Gasteiger partial charge is 0.385 e. The van der Waals surface area contributed by atoms with Crippen LogP contribution in [0.4, 0.5) is 0 Å². The summed E-state index contributed by atoms with van der Waals surface area (Å²) in [7, 11) is 0. The van der Waals surface area contributed by atoms with Crippen molar-refractivity contribution >= 4 is 11.9 Å². The van der Waals surface area contributed by atoms with E-state index in [0.29, 0.717) is 0 Å². The molecule has 2 heteroatoms. The number of aliphatic hydroxyl groups is 1. The Labute approximate surface area is 108 Å².